The molecule has 6 nitrogen and oxygen atoms in total. The second-order valence-electron chi connectivity index (χ2n) is 7.04. The van der Waals surface area contributed by atoms with Gasteiger partial charge in [0.1, 0.15) is 11.4 Å². The van der Waals surface area contributed by atoms with Crippen LogP contribution in [0.15, 0.2) is 42.7 Å². The van der Waals surface area contributed by atoms with E-state index in [1.807, 2.05) is 61.9 Å². The highest BCUT2D eigenvalue weighted by Gasteiger charge is 2.37. The molecule has 0 radical (unpaired) electrons. The number of β-amino-alcohol motifs (C(OH)–C–C–N with tert-alkyl or cyclic N) is 1. The number of benzene rings is 1. The highest BCUT2D eigenvalue weighted by Crippen LogP contribution is 2.28. The third kappa shape index (κ3) is 3.43. The number of nitrogens with zero attached hydrogens (tertiary/aromatic N) is 3. The lowest BCUT2D eigenvalue weighted by atomic mass is 10.1. The zero-order chi connectivity index (χ0) is 17.3. The molecule has 6 heteroatoms. The Hall–Kier alpha value is -2.34. The lowest BCUT2D eigenvalue weighted by molar-refractivity contribution is 0.0270. The molecule has 1 amide bonds. The van der Waals surface area contributed by atoms with Gasteiger partial charge in [0, 0.05) is 24.5 Å². The molecule has 0 saturated carbocycles. The molecule has 1 unspecified atom stereocenters. The molecular weight excluding hydrogens is 306 g/mol. The molecule has 2 heterocycles. The number of aliphatic hydroxyl groups is 1. The van der Waals surface area contributed by atoms with Gasteiger partial charge < -0.3 is 19.3 Å². The zero-order valence-corrected chi connectivity index (χ0v) is 14.2. The van der Waals surface area contributed by atoms with Crippen molar-refractivity contribution in [2.75, 3.05) is 13.1 Å². The number of amides is 1. The van der Waals surface area contributed by atoms with E-state index in [0.717, 1.165) is 11.4 Å². The Morgan fingerprint density at radius 3 is 2.62 bits per heavy atom. The third-order valence-corrected chi connectivity index (χ3v) is 3.97. The predicted octanol–water partition coefficient (Wildman–Crippen LogP) is 2.70. The first-order valence-electron chi connectivity index (χ1n) is 8.09. The number of hydrogen-bond acceptors (Lipinski definition) is 4. The summed E-state index contributed by atoms with van der Waals surface area (Å²) in [5.74, 6) is 0.783. The number of aliphatic hydroxyl groups excluding tert-OH is 1. The van der Waals surface area contributed by atoms with Crippen LogP contribution in [0, 0.1) is 0 Å². The van der Waals surface area contributed by atoms with Crippen LogP contribution in [0.3, 0.4) is 0 Å². The molecular formula is C18H23N3O3. The smallest absolute Gasteiger partial charge is 0.410 e. The van der Waals surface area contributed by atoms with Gasteiger partial charge in [0.25, 0.3) is 0 Å². The summed E-state index contributed by atoms with van der Waals surface area (Å²) < 4.78 is 7.34. The van der Waals surface area contributed by atoms with Gasteiger partial charge in [-0.25, -0.2) is 9.78 Å². The van der Waals surface area contributed by atoms with Gasteiger partial charge in [-0.1, -0.05) is 30.3 Å². The van der Waals surface area contributed by atoms with Crippen LogP contribution in [0.25, 0.3) is 11.4 Å². The van der Waals surface area contributed by atoms with Crippen molar-refractivity contribution in [1.29, 1.82) is 0 Å². The van der Waals surface area contributed by atoms with Crippen molar-refractivity contribution in [1.82, 2.24) is 14.5 Å². The number of carbonyl (C=O) groups excluding carboxylic acids is 1. The van der Waals surface area contributed by atoms with Crippen LogP contribution in [0.5, 0.6) is 0 Å². The largest absolute Gasteiger partial charge is 0.444 e. The first-order valence-corrected chi connectivity index (χ1v) is 8.09. The molecule has 1 saturated heterocycles. The van der Waals surface area contributed by atoms with Crippen molar-refractivity contribution in [3.8, 4) is 11.4 Å². The first-order chi connectivity index (χ1) is 11.3. The van der Waals surface area contributed by atoms with Crippen LogP contribution < -0.4 is 0 Å². The first kappa shape index (κ1) is 16.5. The Morgan fingerprint density at radius 1 is 1.25 bits per heavy atom. The van der Waals surface area contributed by atoms with E-state index in [1.165, 1.54) is 0 Å². The number of ether oxygens (including phenoxy) is 1. The minimum atomic E-state index is -0.658. The number of hydrogen-bond donors (Lipinski definition) is 1. The molecule has 0 spiro atoms. The average Bonchev–Trinajstić information content (AvgIpc) is 3.12. The number of rotatable bonds is 2. The Kier molecular flexibility index (Phi) is 4.32. The van der Waals surface area contributed by atoms with Gasteiger partial charge in [-0.3, -0.25) is 0 Å². The lowest BCUT2D eigenvalue weighted by Gasteiger charge is -2.24. The highest BCUT2D eigenvalue weighted by atomic mass is 16.6. The number of carbonyl (C=O) groups is 1. The van der Waals surface area contributed by atoms with Gasteiger partial charge in [0.15, 0.2) is 0 Å². The van der Waals surface area contributed by atoms with Crippen LogP contribution in [0.4, 0.5) is 4.79 Å². The molecule has 24 heavy (non-hydrogen) atoms. The fraction of sp³-hybridized carbons (Fsp3) is 0.444. The monoisotopic (exact) mass is 329 g/mol. The van der Waals surface area contributed by atoms with Gasteiger partial charge in [0.05, 0.1) is 18.7 Å². The molecule has 1 fully saturated rings. The van der Waals surface area contributed by atoms with Gasteiger partial charge in [-0.2, -0.15) is 0 Å². The van der Waals surface area contributed by atoms with E-state index in [4.69, 9.17) is 4.74 Å². The van der Waals surface area contributed by atoms with E-state index in [0.29, 0.717) is 6.54 Å². The van der Waals surface area contributed by atoms with Crippen LogP contribution in [-0.4, -0.2) is 50.4 Å². The summed E-state index contributed by atoms with van der Waals surface area (Å²) in [5.41, 5.74) is 0.426. The van der Waals surface area contributed by atoms with Crippen molar-refractivity contribution >= 4 is 6.09 Å². The second-order valence-corrected chi connectivity index (χ2v) is 7.04. The van der Waals surface area contributed by atoms with Crippen molar-refractivity contribution in [2.45, 2.75) is 38.5 Å². The summed E-state index contributed by atoms with van der Waals surface area (Å²) >= 11 is 0. The molecule has 0 aliphatic carbocycles. The predicted molar refractivity (Wildman–Crippen MR) is 90.5 cm³/mol. The van der Waals surface area contributed by atoms with Gasteiger partial charge in [-0.15, -0.1) is 0 Å². The molecule has 2 aromatic rings. The Labute approximate surface area is 141 Å². The molecule has 128 valence electrons. The molecule has 1 aromatic heterocycles. The average molecular weight is 329 g/mol. The van der Waals surface area contributed by atoms with Gasteiger partial charge >= 0.3 is 6.09 Å². The summed E-state index contributed by atoms with van der Waals surface area (Å²) in [4.78, 5) is 18.2. The maximum atomic E-state index is 12.2. The van der Waals surface area contributed by atoms with E-state index in [-0.39, 0.29) is 12.6 Å². The normalized spacial score (nSPS) is 21.1. The number of aromatic nitrogens is 2. The van der Waals surface area contributed by atoms with Crippen molar-refractivity contribution in [3.63, 3.8) is 0 Å². The summed E-state index contributed by atoms with van der Waals surface area (Å²) in [6.45, 7) is 6.15. The minimum absolute atomic E-state index is 0.241. The fourth-order valence-electron chi connectivity index (χ4n) is 2.91. The van der Waals surface area contributed by atoms with E-state index in [1.54, 1.807) is 11.1 Å². The molecule has 3 rings (SSSR count). The maximum Gasteiger partial charge on any atom is 0.410 e. The van der Waals surface area contributed by atoms with Gasteiger partial charge in [0.2, 0.25) is 0 Å². The molecule has 1 aliphatic heterocycles. The highest BCUT2D eigenvalue weighted by molar-refractivity contribution is 5.68. The second kappa shape index (κ2) is 6.28. The number of imidazole rings is 1. The Balaban J connectivity index is 1.80. The topological polar surface area (TPSA) is 67.6 Å². The van der Waals surface area contributed by atoms with E-state index >= 15 is 0 Å². The molecule has 1 aliphatic rings. The summed E-state index contributed by atoms with van der Waals surface area (Å²) in [7, 11) is 0. The molecule has 1 N–H and O–H groups in total. The van der Waals surface area contributed by atoms with Crippen LogP contribution >= 0.6 is 0 Å². The maximum absolute atomic E-state index is 12.2. The molecule has 0 bridgehead atoms. The quantitative estimate of drug-likeness (QED) is 0.920. The third-order valence-electron chi connectivity index (χ3n) is 3.97. The van der Waals surface area contributed by atoms with Crippen molar-refractivity contribution < 1.29 is 14.6 Å². The van der Waals surface area contributed by atoms with E-state index in [9.17, 15) is 9.90 Å². The van der Waals surface area contributed by atoms with Crippen molar-refractivity contribution in [2.24, 2.45) is 0 Å². The summed E-state index contributed by atoms with van der Waals surface area (Å²) in [5, 5.41) is 10.5. The minimum Gasteiger partial charge on any atom is -0.444 e. The van der Waals surface area contributed by atoms with E-state index in [2.05, 4.69) is 4.98 Å². The SMILES string of the molecule is CC(C)(C)OC(=O)N1CC(n2ccnc2-c2ccccc2)[C@H](O)C1. The standard InChI is InChI=1S/C18H23N3O3/c1-18(2,3)24-17(23)20-11-14(15(22)12-20)21-10-9-19-16(21)13-7-5-4-6-8-13/h4-10,14-15,22H,11-12H2,1-3H3/t14?,15-/m1/s1. The van der Waals surface area contributed by atoms with Gasteiger partial charge in [-0.05, 0) is 20.8 Å². The Morgan fingerprint density at radius 2 is 1.96 bits per heavy atom. The number of likely N-dealkylation sites (tertiary alicyclic amines) is 1. The fourth-order valence-corrected chi connectivity index (χ4v) is 2.91. The van der Waals surface area contributed by atoms with Crippen LogP contribution in [0.2, 0.25) is 0 Å². The zero-order valence-electron chi connectivity index (χ0n) is 14.2. The summed E-state index contributed by atoms with van der Waals surface area (Å²) in [6, 6.07) is 9.57. The lowest BCUT2D eigenvalue weighted by Crippen LogP contribution is -2.35. The summed E-state index contributed by atoms with van der Waals surface area (Å²) in [6.07, 6.45) is 2.50. The Bertz CT molecular complexity index is 706. The molecule has 1 aromatic carbocycles. The van der Waals surface area contributed by atoms with Crippen LogP contribution in [0.1, 0.15) is 26.8 Å². The molecule has 2 atom stereocenters. The van der Waals surface area contributed by atoms with E-state index < -0.39 is 17.8 Å². The van der Waals surface area contributed by atoms with Crippen molar-refractivity contribution in [3.05, 3.63) is 42.7 Å². The van der Waals surface area contributed by atoms with Crippen LogP contribution in [-0.2, 0) is 4.74 Å².